The molecule has 1 atom stereocenters. The fourth-order valence-electron chi connectivity index (χ4n) is 4.33. The van der Waals surface area contributed by atoms with Gasteiger partial charge in [0, 0.05) is 31.9 Å². The maximum atomic E-state index is 13.9. The highest BCUT2D eigenvalue weighted by Crippen LogP contribution is 2.40. The lowest BCUT2D eigenvalue weighted by atomic mass is 9.95. The molecule has 1 N–H and O–H groups in total. The van der Waals surface area contributed by atoms with Crippen molar-refractivity contribution < 1.29 is 18.8 Å². The molecule has 0 aromatic heterocycles. The number of nitrogens with zero attached hydrogens (tertiary/aromatic N) is 3. The van der Waals surface area contributed by atoms with Crippen LogP contribution in [-0.2, 0) is 9.59 Å². The second kappa shape index (κ2) is 8.61. The molecule has 168 valence electrons. The summed E-state index contributed by atoms with van der Waals surface area (Å²) in [5, 5.41) is 2.67. The van der Waals surface area contributed by atoms with Crippen LogP contribution in [0.15, 0.2) is 36.4 Å². The number of hydrogen-bond donors (Lipinski definition) is 1. The Labute approximate surface area is 186 Å². The highest BCUT2D eigenvalue weighted by atomic mass is 19.1. The third kappa shape index (κ3) is 4.04. The van der Waals surface area contributed by atoms with Crippen LogP contribution in [0.3, 0.4) is 0 Å². The maximum absolute atomic E-state index is 13.9. The molecule has 7 nitrogen and oxygen atoms in total. The van der Waals surface area contributed by atoms with Crippen molar-refractivity contribution in [1.29, 1.82) is 0 Å². The number of carbonyl (C=O) groups is 3. The highest BCUT2D eigenvalue weighted by molar-refractivity contribution is 6.11. The van der Waals surface area contributed by atoms with Crippen LogP contribution in [0.1, 0.15) is 35.2 Å². The van der Waals surface area contributed by atoms with Gasteiger partial charge in [0.05, 0.1) is 11.4 Å². The largest absolute Gasteiger partial charge is 0.358 e. The van der Waals surface area contributed by atoms with E-state index in [1.807, 2.05) is 6.07 Å². The van der Waals surface area contributed by atoms with Gasteiger partial charge in [-0.15, -0.1) is 0 Å². The molecule has 0 aliphatic carbocycles. The van der Waals surface area contributed by atoms with Gasteiger partial charge >= 0.3 is 0 Å². The van der Waals surface area contributed by atoms with Gasteiger partial charge in [0.15, 0.2) is 0 Å². The lowest BCUT2D eigenvalue weighted by molar-refractivity contribution is -0.123. The summed E-state index contributed by atoms with van der Waals surface area (Å²) in [4.78, 5) is 43.7. The van der Waals surface area contributed by atoms with Gasteiger partial charge < -0.3 is 15.1 Å². The molecule has 1 fully saturated rings. The summed E-state index contributed by atoms with van der Waals surface area (Å²) in [5.74, 6) is -1.18. The number of fused-ring (bicyclic) bond motifs is 3. The standard InChI is InChI=1S/C24H27FN4O3/c1-15-7-9-17(13-18(15)25)26-22(30)14-29-21-12-16(23(31)27(2)3)8-10-19(21)28-11-5-4-6-20(28)24(29)32/h7-10,12-13,20H,4-6,11,14H2,1-3H3,(H,26,30)/t20-/m0/s1. The van der Waals surface area contributed by atoms with Crippen molar-refractivity contribution in [3.05, 3.63) is 53.3 Å². The minimum Gasteiger partial charge on any atom is -0.358 e. The predicted octanol–water partition coefficient (Wildman–Crippen LogP) is 3.18. The topological polar surface area (TPSA) is 73.0 Å². The van der Waals surface area contributed by atoms with Gasteiger partial charge in [0.25, 0.3) is 5.91 Å². The summed E-state index contributed by atoms with van der Waals surface area (Å²) < 4.78 is 13.9. The van der Waals surface area contributed by atoms with E-state index in [0.29, 0.717) is 22.5 Å². The molecular formula is C24H27FN4O3. The van der Waals surface area contributed by atoms with Crippen LogP contribution in [0.25, 0.3) is 0 Å². The zero-order valence-electron chi connectivity index (χ0n) is 18.5. The molecule has 2 aromatic carbocycles. The predicted molar refractivity (Wildman–Crippen MR) is 122 cm³/mol. The number of anilines is 3. The quantitative estimate of drug-likeness (QED) is 0.796. The first-order chi connectivity index (χ1) is 15.3. The van der Waals surface area contributed by atoms with Crippen LogP contribution >= 0.6 is 0 Å². The summed E-state index contributed by atoms with van der Waals surface area (Å²) in [6.07, 6.45) is 2.65. The number of amides is 3. The van der Waals surface area contributed by atoms with Crippen molar-refractivity contribution in [2.24, 2.45) is 0 Å². The number of rotatable bonds is 4. The molecule has 32 heavy (non-hydrogen) atoms. The summed E-state index contributed by atoms with van der Waals surface area (Å²) in [6, 6.07) is 9.45. The molecule has 2 aliphatic rings. The first-order valence-corrected chi connectivity index (χ1v) is 10.8. The lowest BCUT2D eigenvalue weighted by Crippen LogP contribution is -2.56. The number of hydrogen-bond acceptors (Lipinski definition) is 4. The third-order valence-corrected chi connectivity index (χ3v) is 6.04. The monoisotopic (exact) mass is 438 g/mol. The van der Waals surface area contributed by atoms with Crippen molar-refractivity contribution in [3.63, 3.8) is 0 Å². The van der Waals surface area contributed by atoms with Crippen molar-refractivity contribution in [3.8, 4) is 0 Å². The van der Waals surface area contributed by atoms with Gasteiger partial charge in [-0.2, -0.15) is 0 Å². The van der Waals surface area contributed by atoms with Crippen LogP contribution < -0.4 is 15.1 Å². The summed E-state index contributed by atoms with van der Waals surface area (Å²) in [5.41, 5.74) is 2.66. The Bertz CT molecular complexity index is 1080. The number of piperidine rings is 1. The number of carbonyl (C=O) groups excluding carboxylic acids is 3. The molecule has 2 aromatic rings. The summed E-state index contributed by atoms with van der Waals surface area (Å²) in [6.45, 7) is 2.19. The average molecular weight is 439 g/mol. The van der Waals surface area contributed by atoms with Crippen molar-refractivity contribution in [2.45, 2.75) is 32.2 Å². The first-order valence-electron chi connectivity index (χ1n) is 10.8. The SMILES string of the molecule is Cc1ccc(NC(=O)CN2C(=O)[C@@H]3CCCCN3c3ccc(C(=O)N(C)C)cc32)cc1F. The van der Waals surface area contributed by atoms with Crippen LogP contribution in [0.2, 0.25) is 0 Å². The van der Waals surface area contributed by atoms with E-state index < -0.39 is 11.7 Å². The van der Waals surface area contributed by atoms with E-state index in [9.17, 15) is 18.8 Å². The second-order valence-corrected chi connectivity index (χ2v) is 8.54. The lowest BCUT2D eigenvalue weighted by Gasteiger charge is -2.45. The molecule has 0 radical (unpaired) electrons. The Hall–Kier alpha value is -3.42. The maximum Gasteiger partial charge on any atom is 0.253 e. The Morgan fingerprint density at radius 2 is 1.91 bits per heavy atom. The van der Waals surface area contributed by atoms with Gasteiger partial charge in [-0.1, -0.05) is 6.07 Å². The van der Waals surface area contributed by atoms with Gasteiger partial charge in [0.2, 0.25) is 11.8 Å². The minimum absolute atomic E-state index is 0.156. The third-order valence-electron chi connectivity index (χ3n) is 6.04. The Morgan fingerprint density at radius 1 is 1.12 bits per heavy atom. The summed E-state index contributed by atoms with van der Waals surface area (Å²) >= 11 is 0. The van der Waals surface area contributed by atoms with Crippen LogP contribution in [-0.4, -0.2) is 55.8 Å². The second-order valence-electron chi connectivity index (χ2n) is 8.54. The van der Waals surface area contributed by atoms with E-state index in [1.165, 1.54) is 15.9 Å². The fraction of sp³-hybridized carbons (Fsp3) is 0.375. The van der Waals surface area contributed by atoms with E-state index in [-0.39, 0.29) is 24.4 Å². The average Bonchev–Trinajstić information content (AvgIpc) is 2.78. The summed E-state index contributed by atoms with van der Waals surface area (Å²) in [7, 11) is 3.33. The fourth-order valence-corrected chi connectivity index (χ4v) is 4.33. The number of aryl methyl sites for hydroxylation is 1. The number of nitrogens with one attached hydrogen (secondary N) is 1. The van der Waals surface area contributed by atoms with E-state index in [4.69, 9.17) is 0 Å². The zero-order valence-corrected chi connectivity index (χ0v) is 18.5. The van der Waals surface area contributed by atoms with Gasteiger partial charge in [-0.25, -0.2) is 4.39 Å². The van der Waals surface area contributed by atoms with Crippen LogP contribution in [0, 0.1) is 12.7 Å². The molecule has 0 bridgehead atoms. The first kappa shape index (κ1) is 21.8. The Morgan fingerprint density at radius 3 is 2.62 bits per heavy atom. The van der Waals surface area contributed by atoms with Crippen molar-refractivity contribution in [2.75, 3.05) is 42.3 Å². The van der Waals surface area contributed by atoms with Crippen LogP contribution in [0.4, 0.5) is 21.5 Å². The molecule has 4 rings (SSSR count). The van der Waals surface area contributed by atoms with E-state index >= 15 is 0 Å². The van der Waals surface area contributed by atoms with E-state index in [0.717, 1.165) is 31.5 Å². The highest BCUT2D eigenvalue weighted by Gasteiger charge is 2.40. The molecular weight excluding hydrogens is 411 g/mol. The van der Waals surface area contributed by atoms with Crippen LogP contribution in [0.5, 0.6) is 0 Å². The molecule has 8 heteroatoms. The molecule has 2 heterocycles. The van der Waals surface area contributed by atoms with Gasteiger partial charge in [0.1, 0.15) is 18.4 Å². The molecule has 2 aliphatic heterocycles. The molecule has 1 saturated heterocycles. The molecule has 0 unspecified atom stereocenters. The zero-order chi connectivity index (χ0) is 23.0. The minimum atomic E-state index is -0.429. The Kier molecular flexibility index (Phi) is 5.86. The number of benzene rings is 2. The normalized spacial score (nSPS) is 17.5. The van der Waals surface area contributed by atoms with Gasteiger partial charge in [-0.05, 0) is 62.1 Å². The van der Waals surface area contributed by atoms with E-state index in [1.54, 1.807) is 45.3 Å². The Balaban J connectivity index is 1.66. The van der Waals surface area contributed by atoms with E-state index in [2.05, 4.69) is 10.2 Å². The van der Waals surface area contributed by atoms with Crippen molar-refractivity contribution >= 4 is 34.8 Å². The molecule has 0 saturated carbocycles. The smallest absolute Gasteiger partial charge is 0.253 e. The van der Waals surface area contributed by atoms with Gasteiger partial charge in [-0.3, -0.25) is 19.3 Å². The van der Waals surface area contributed by atoms with Crippen molar-refractivity contribution in [1.82, 2.24) is 4.90 Å². The molecule has 3 amide bonds. The molecule has 0 spiro atoms. The number of halogens is 1.